The van der Waals surface area contributed by atoms with Gasteiger partial charge in [-0.3, -0.25) is 0 Å². The number of fused-ring (bicyclic) bond motifs is 7. The largest absolute Gasteiger partial charge is 0.299 e. The van der Waals surface area contributed by atoms with Crippen LogP contribution in [0, 0.1) is 0 Å². The van der Waals surface area contributed by atoms with Crippen molar-refractivity contribution < 1.29 is 8.68 Å². The fourth-order valence-electron chi connectivity index (χ4n) is 3.04. The zero-order valence-corrected chi connectivity index (χ0v) is 10.5. The third-order valence-corrected chi connectivity index (χ3v) is 3.88. The Morgan fingerprint density at radius 1 is 1.30 bits per heavy atom. The summed E-state index contributed by atoms with van der Waals surface area (Å²) in [6.07, 6.45) is 3.45. The first-order valence-electron chi connectivity index (χ1n) is 7.92. The summed E-state index contributed by atoms with van der Waals surface area (Å²) >= 11 is 0. The zero-order chi connectivity index (χ0) is 15.8. The molecule has 3 aromatic heterocycles. The first-order valence-corrected chi connectivity index (χ1v) is 6.42. The third kappa shape index (κ3) is 1.02. The summed E-state index contributed by atoms with van der Waals surface area (Å²) in [5.74, 6) is 1.18. The van der Waals surface area contributed by atoms with Crippen LogP contribution >= 0.6 is 0 Å². The van der Waals surface area contributed by atoms with E-state index in [9.17, 15) is 0 Å². The van der Waals surface area contributed by atoms with Gasteiger partial charge in [0.25, 0.3) is 17.1 Å². The van der Waals surface area contributed by atoms with E-state index in [1.165, 1.54) is 4.57 Å². The summed E-state index contributed by atoms with van der Waals surface area (Å²) in [6.45, 7) is -1.68. The molecule has 0 bridgehead atoms. The summed E-state index contributed by atoms with van der Waals surface area (Å²) in [5, 5.41) is 0. The highest BCUT2D eigenvalue weighted by Gasteiger charge is 2.33. The van der Waals surface area contributed by atoms with E-state index in [0.717, 1.165) is 11.1 Å². The van der Waals surface area contributed by atoms with Crippen molar-refractivity contribution in [2.75, 3.05) is 0 Å². The highest BCUT2D eigenvalue weighted by Crippen LogP contribution is 2.32. The summed E-state index contributed by atoms with van der Waals surface area (Å²) < 4.78 is 29.1. The van der Waals surface area contributed by atoms with Crippen molar-refractivity contribution in [2.45, 2.75) is 6.54 Å². The summed E-state index contributed by atoms with van der Waals surface area (Å²) in [4.78, 5) is 8.78. The number of rotatable bonds is 0. The molecule has 0 spiro atoms. The Hall–Kier alpha value is -2.69. The molecule has 4 aromatic rings. The molecule has 0 N–H and O–H groups in total. The lowest BCUT2D eigenvalue weighted by Crippen LogP contribution is -2.30. The Kier molecular flexibility index (Phi) is 1.27. The second-order valence-electron chi connectivity index (χ2n) is 4.95. The highest BCUT2D eigenvalue weighted by atomic mass is 15.3. The lowest BCUT2D eigenvalue weighted by atomic mass is 10.1. The lowest BCUT2D eigenvalue weighted by Gasteiger charge is -1.96. The molecule has 0 aliphatic carbocycles. The summed E-state index contributed by atoms with van der Waals surface area (Å²) in [6, 6.07) is 9.64. The lowest BCUT2D eigenvalue weighted by molar-refractivity contribution is -0.636. The molecule has 5 heteroatoms. The van der Waals surface area contributed by atoms with E-state index in [2.05, 4.69) is 9.97 Å². The van der Waals surface area contributed by atoms with E-state index >= 15 is 0 Å². The van der Waals surface area contributed by atoms with Crippen LogP contribution < -0.4 is 4.57 Å². The molecule has 0 atom stereocenters. The Morgan fingerprint density at radius 2 is 2.25 bits per heavy atom. The average Bonchev–Trinajstić information content (AvgIpc) is 3.13. The predicted molar refractivity (Wildman–Crippen MR) is 74.2 cm³/mol. The van der Waals surface area contributed by atoms with Gasteiger partial charge in [-0.05, 0) is 12.1 Å². The van der Waals surface area contributed by atoms with Crippen molar-refractivity contribution in [3.05, 3.63) is 48.3 Å². The van der Waals surface area contributed by atoms with Crippen molar-refractivity contribution in [1.82, 2.24) is 18.9 Å². The number of nitrogens with zero attached hydrogens (tertiary/aromatic N) is 5. The van der Waals surface area contributed by atoms with Crippen LogP contribution in [0.5, 0.6) is 0 Å². The van der Waals surface area contributed by atoms with E-state index in [-0.39, 0.29) is 0 Å². The molecule has 0 fully saturated rings. The van der Waals surface area contributed by atoms with Gasteiger partial charge in [-0.15, -0.1) is 0 Å². The Labute approximate surface area is 119 Å². The fourth-order valence-corrected chi connectivity index (χ4v) is 3.04. The van der Waals surface area contributed by atoms with Gasteiger partial charge in [0.2, 0.25) is 5.82 Å². The topological polar surface area (TPSA) is 39.0 Å². The normalized spacial score (nSPS) is 15.9. The molecule has 96 valence electrons. The number of aromatic nitrogens is 5. The van der Waals surface area contributed by atoms with Crippen LogP contribution in [0.1, 0.15) is 9.68 Å². The first kappa shape index (κ1) is 7.79. The molecule has 1 aromatic carbocycles. The van der Waals surface area contributed by atoms with E-state index in [4.69, 9.17) is 4.11 Å². The fraction of sp³-hybridized carbons (Fsp3) is 0.133. The Morgan fingerprint density at radius 3 is 3.20 bits per heavy atom. The number of hydrogen-bond donors (Lipinski definition) is 0. The minimum absolute atomic E-state index is 0.502. The van der Waals surface area contributed by atoms with Crippen LogP contribution in [-0.2, 0) is 13.5 Å². The summed E-state index contributed by atoms with van der Waals surface area (Å²) in [7, 11) is 0. The predicted octanol–water partition coefficient (Wildman–Crippen LogP) is 1.54. The molecule has 0 unspecified atom stereocenters. The number of imidazole rings is 2. The molecular formula is C15H12N5+. The molecule has 0 radical (unpaired) electrons. The molecule has 4 heterocycles. The number of aryl methyl sites for hydroxylation is 1. The van der Waals surface area contributed by atoms with E-state index in [1.807, 2.05) is 28.8 Å². The summed E-state index contributed by atoms with van der Waals surface area (Å²) in [5.41, 5.74) is 3.25. The van der Waals surface area contributed by atoms with Gasteiger partial charge in [0.15, 0.2) is 0 Å². The van der Waals surface area contributed by atoms with Crippen molar-refractivity contribution in [1.29, 1.82) is 0 Å². The van der Waals surface area contributed by atoms with Crippen molar-refractivity contribution in [3.63, 3.8) is 0 Å². The SMILES string of the molecule is [2H]C([2H])([2H])[n+]1c2n(c3nc4ncccn4c31)Cc1ccccc1-2. The van der Waals surface area contributed by atoms with Crippen LogP contribution in [0.3, 0.4) is 0 Å². The number of benzene rings is 1. The van der Waals surface area contributed by atoms with Crippen LogP contribution in [0.2, 0.25) is 0 Å². The van der Waals surface area contributed by atoms with Gasteiger partial charge in [0, 0.05) is 11.8 Å². The van der Waals surface area contributed by atoms with Crippen LogP contribution in [-0.4, -0.2) is 18.9 Å². The van der Waals surface area contributed by atoms with Gasteiger partial charge in [-0.1, -0.05) is 18.2 Å². The minimum Gasteiger partial charge on any atom is -0.233 e. The highest BCUT2D eigenvalue weighted by molar-refractivity contribution is 5.76. The quantitative estimate of drug-likeness (QED) is 0.398. The van der Waals surface area contributed by atoms with Crippen LogP contribution in [0.4, 0.5) is 0 Å². The van der Waals surface area contributed by atoms with Gasteiger partial charge >= 0.3 is 0 Å². The molecule has 5 rings (SSSR count). The van der Waals surface area contributed by atoms with Gasteiger partial charge in [0.05, 0.1) is 29.4 Å². The monoisotopic (exact) mass is 265 g/mol. The molecule has 20 heavy (non-hydrogen) atoms. The maximum Gasteiger partial charge on any atom is 0.299 e. The van der Waals surface area contributed by atoms with Gasteiger partial charge in [0.1, 0.15) is 0 Å². The van der Waals surface area contributed by atoms with Crippen molar-refractivity contribution >= 4 is 17.1 Å². The third-order valence-electron chi connectivity index (χ3n) is 3.88. The standard InChI is InChI=1S/C15H12N5/c1-18-13-11-6-3-2-5-10(11)9-20(13)12-14(18)19-8-4-7-16-15(19)17-12/h2-8H,9H2,1H3/q+1/i1D3. The van der Waals surface area contributed by atoms with Gasteiger partial charge in [-0.2, -0.15) is 9.38 Å². The minimum atomic E-state index is -2.30. The van der Waals surface area contributed by atoms with Gasteiger partial charge in [-0.25, -0.2) is 14.1 Å². The van der Waals surface area contributed by atoms with Crippen molar-refractivity contribution in [3.8, 4) is 11.4 Å². The molecule has 5 nitrogen and oxygen atoms in total. The smallest absolute Gasteiger partial charge is 0.233 e. The molecule has 1 aliphatic heterocycles. The molecule has 1 aliphatic rings. The Balaban J connectivity index is 2.01. The van der Waals surface area contributed by atoms with Crippen LogP contribution in [0.15, 0.2) is 42.7 Å². The second-order valence-corrected chi connectivity index (χ2v) is 4.95. The van der Waals surface area contributed by atoms with E-state index < -0.39 is 6.98 Å². The number of hydrogen-bond acceptors (Lipinski definition) is 2. The maximum atomic E-state index is 8.02. The Bertz CT molecular complexity index is 1090. The second kappa shape index (κ2) is 3.25. The average molecular weight is 265 g/mol. The van der Waals surface area contributed by atoms with E-state index in [0.29, 0.717) is 29.4 Å². The molecule has 0 saturated carbocycles. The first-order chi connectivity index (χ1) is 11.1. The van der Waals surface area contributed by atoms with E-state index in [1.54, 1.807) is 22.9 Å². The van der Waals surface area contributed by atoms with Crippen LogP contribution in [0.25, 0.3) is 28.5 Å². The van der Waals surface area contributed by atoms with Gasteiger partial charge < -0.3 is 0 Å². The molecule has 0 saturated heterocycles. The molecular weight excluding hydrogens is 250 g/mol. The van der Waals surface area contributed by atoms with Crippen molar-refractivity contribution in [2.24, 2.45) is 6.98 Å². The maximum absolute atomic E-state index is 8.02. The zero-order valence-electron chi connectivity index (χ0n) is 13.5. The molecule has 0 amide bonds.